The van der Waals surface area contributed by atoms with Crippen LogP contribution in [0.3, 0.4) is 0 Å². The molecule has 0 N–H and O–H groups in total. The molecule has 0 saturated carbocycles. The Hall–Kier alpha value is -1.75. The minimum Gasteiger partial charge on any atom is -0.467 e. The number of nitriles is 1. The summed E-state index contributed by atoms with van der Waals surface area (Å²) in [5.74, 6) is 0.749. The molecule has 2 heteroatoms. The lowest BCUT2D eigenvalue weighted by Crippen LogP contribution is -2.11. The van der Waals surface area contributed by atoms with Gasteiger partial charge in [0.15, 0.2) is 0 Å². The molecule has 1 aromatic rings. The van der Waals surface area contributed by atoms with Crippen LogP contribution in [-0.2, 0) is 0 Å². The number of hydrogen-bond donors (Lipinski definition) is 0. The maximum atomic E-state index is 8.93. The maximum Gasteiger partial charge on any atom is 0.129 e. The van der Waals surface area contributed by atoms with Crippen LogP contribution in [0.25, 0.3) is 5.57 Å². The summed E-state index contributed by atoms with van der Waals surface area (Å²) in [6, 6.07) is 4.21. The van der Waals surface area contributed by atoms with Crippen molar-refractivity contribution in [3.63, 3.8) is 0 Å². The van der Waals surface area contributed by atoms with Crippen molar-refractivity contribution in [1.29, 1.82) is 5.26 Å². The molecule has 0 aromatic carbocycles. The van der Waals surface area contributed by atoms with Gasteiger partial charge in [0.2, 0.25) is 0 Å². The lowest BCUT2D eigenvalue weighted by molar-refractivity contribution is 0.487. The number of nitrogens with zero attached hydrogens (tertiary/aromatic N) is 1. The third kappa shape index (κ3) is 0.714. The molecule has 0 spiro atoms. The zero-order valence-corrected chi connectivity index (χ0v) is 6.95. The first kappa shape index (κ1) is 6.73. The van der Waals surface area contributed by atoms with E-state index in [9.17, 15) is 0 Å². The zero-order chi connectivity index (χ0) is 8.84. The van der Waals surface area contributed by atoms with Crippen molar-refractivity contribution < 1.29 is 4.42 Å². The molecule has 62 valence electrons. The van der Waals surface area contributed by atoms with Gasteiger partial charge in [0.05, 0.1) is 12.3 Å². The van der Waals surface area contributed by atoms with Crippen molar-refractivity contribution >= 4 is 5.57 Å². The summed E-state index contributed by atoms with van der Waals surface area (Å²) in [5.41, 5.74) is 3.66. The number of allylic oxidation sites excluding steroid dienone is 4. The van der Waals surface area contributed by atoms with Gasteiger partial charge in [-0.1, -0.05) is 12.2 Å². The van der Waals surface area contributed by atoms with Gasteiger partial charge < -0.3 is 4.42 Å². The second kappa shape index (κ2) is 2.14. The Balaban J connectivity index is 2.20. The van der Waals surface area contributed by atoms with E-state index in [4.69, 9.17) is 9.68 Å². The van der Waals surface area contributed by atoms with Crippen LogP contribution >= 0.6 is 0 Å². The quantitative estimate of drug-likeness (QED) is 0.598. The topological polar surface area (TPSA) is 36.9 Å². The van der Waals surface area contributed by atoms with Gasteiger partial charge in [0.1, 0.15) is 11.7 Å². The van der Waals surface area contributed by atoms with E-state index in [0.29, 0.717) is 0 Å². The van der Waals surface area contributed by atoms with Crippen LogP contribution in [0.1, 0.15) is 23.7 Å². The minimum atomic E-state index is -0.0892. The summed E-state index contributed by atoms with van der Waals surface area (Å²) < 4.78 is 5.32. The molecule has 1 unspecified atom stereocenters. The Kier molecular flexibility index (Phi) is 1.11. The van der Waals surface area contributed by atoms with Gasteiger partial charge >= 0.3 is 0 Å². The molecule has 2 aliphatic carbocycles. The fraction of sp³-hybridized carbons (Fsp3) is 0.182. The fourth-order valence-electron chi connectivity index (χ4n) is 1.96. The first-order valence-electron chi connectivity index (χ1n) is 4.29. The van der Waals surface area contributed by atoms with Crippen molar-refractivity contribution in [2.45, 2.75) is 12.3 Å². The van der Waals surface area contributed by atoms with Crippen molar-refractivity contribution in [1.82, 2.24) is 0 Å². The Morgan fingerprint density at radius 2 is 2.38 bits per heavy atom. The van der Waals surface area contributed by atoms with E-state index in [-0.39, 0.29) is 5.92 Å². The molecule has 0 saturated heterocycles. The lowest BCUT2D eigenvalue weighted by Gasteiger charge is -2.25. The average molecular weight is 169 g/mol. The molecule has 0 amide bonds. The zero-order valence-electron chi connectivity index (χ0n) is 6.95. The highest BCUT2D eigenvalue weighted by molar-refractivity contribution is 5.89. The van der Waals surface area contributed by atoms with Crippen LogP contribution in [0.2, 0.25) is 0 Å². The largest absolute Gasteiger partial charge is 0.467 e. The van der Waals surface area contributed by atoms with Gasteiger partial charge in [-0.3, -0.25) is 0 Å². The number of fused-ring (bicyclic) bond motifs is 3. The standard InChI is InChI=1S/C11H7NO/c12-6-8-5-7-1-2-9(7)10-3-4-13-11(8)10/h1-4,8H,5H2. The van der Waals surface area contributed by atoms with Crippen LogP contribution < -0.4 is 0 Å². The van der Waals surface area contributed by atoms with E-state index in [0.717, 1.165) is 17.7 Å². The minimum absolute atomic E-state index is 0.0892. The highest BCUT2D eigenvalue weighted by Crippen LogP contribution is 2.45. The molecule has 1 heterocycles. The summed E-state index contributed by atoms with van der Waals surface area (Å²) in [5, 5.41) is 8.93. The predicted octanol–water partition coefficient (Wildman–Crippen LogP) is 2.61. The lowest BCUT2D eigenvalue weighted by atomic mass is 9.77. The predicted molar refractivity (Wildman–Crippen MR) is 47.7 cm³/mol. The summed E-state index contributed by atoms with van der Waals surface area (Å²) in [4.78, 5) is 0. The van der Waals surface area contributed by atoms with Gasteiger partial charge in [0, 0.05) is 5.56 Å². The first-order chi connectivity index (χ1) is 6.40. The van der Waals surface area contributed by atoms with E-state index in [2.05, 4.69) is 18.2 Å². The number of furan rings is 1. The summed E-state index contributed by atoms with van der Waals surface area (Å²) in [6.07, 6.45) is 6.63. The molecule has 13 heavy (non-hydrogen) atoms. The summed E-state index contributed by atoms with van der Waals surface area (Å²) >= 11 is 0. The number of rotatable bonds is 0. The van der Waals surface area contributed by atoms with Gasteiger partial charge in [0.25, 0.3) is 0 Å². The van der Waals surface area contributed by atoms with E-state index in [1.165, 1.54) is 11.1 Å². The number of hydrogen-bond acceptors (Lipinski definition) is 2. The molecule has 1 atom stereocenters. The molecule has 1 aromatic heterocycles. The molecule has 0 radical (unpaired) electrons. The third-order valence-electron chi connectivity index (χ3n) is 2.68. The van der Waals surface area contributed by atoms with Crippen LogP contribution in [0.4, 0.5) is 0 Å². The normalized spacial score (nSPS) is 23.2. The molecular weight excluding hydrogens is 162 g/mol. The van der Waals surface area contributed by atoms with Gasteiger partial charge in [-0.2, -0.15) is 5.26 Å². The van der Waals surface area contributed by atoms with Crippen LogP contribution in [-0.4, -0.2) is 0 Å². The monoisotopic (exact) mass is 169 g/mol. The van der Waals surface area contributed by atoms with Crippen LogP contribution in [0.5, 0.6) is 0 Å². The fourth-order valence-corrected chi connectivity index (χ4v) is 1.96. The third-order valence-corrected chi connectivity index (χ3v) is 2.68. The second-order valence-corrected chi connectivity index (χ2v) is 3.36. The first-order valence-corrected chi connectivity index (χ1v) is 4.29. The Morgan fingerprint density at radius 1 is 1.46 bits per heavy atom. The Morgan fingerprint density at radius 3 is 3.08 bits per heavy atom. The molecule has 0 bridgehead atoms. The van der Waals surface area contributed by atoms with Crippen molar-refractivity contribution in [3.05, 3.63) is 41.4 Å². The maximum absolute atomic E-state index is 8.93. The van der Waals surface area contributed by atoms with E-state index >= 15 is 0 Å². The van der Waals surface area contributed by atoms with Crippen LogP contribution in [0.15, 0.2) is 34.5 Å². The summed E-state index contributed by atoms with van der Waals surface area (Å²) in [6.45, 7) is 0. The smallest absolute Gasteiger partial charge is 0.129 e. The molecule has 3 rings (SSSR count). The second-order valence-electron chi connectivity index (χ2n) is 3.36. The van der Waals surface area contributed by atoms with Gasteiger partial charge in [-0.15, -0.1) is 0 Å². The van der Waals surface area contributed by atoms with Gasteiger partial charge in [-0.05, 0) is 23.6 Å². The molecule has 0 aliphatic heterocycles. The Bertz CT molecular complexity index is 471. The Labute approximate surface area is 75.8 Å². The van der Waals surface area contributed by atoms with Gasteiger partial charge in [-0.25, -0.2) is 0 Å². The van der Waals surface area contributed by atoms with Crippen molar-refractivity contribution in [2.75, 3.05) is 0 Å². The highest BCUT2D eigenvalue weighted by atomic mass is 16.3. The average Bonchev–Trinajstić information content (AvgIpc) is 2.53. The highest BCUT2D eigenvalue weighted by Gasteiger charge is 2.31. The SMILES string of the molecule is N#CC1CC2=CC=C2c2ccoc21. The molecule has 2 aliphatic rings. The molecule has 2 nitrogen and oxygen atoms in total. The van der Waals surface area contributed by atoms with E-state index in [1.54, 1.807) is 6.26 Å². The van der Waals surface area contributed by atoms with E-state index < -0.39 is 0 Å². The van der Waals surface area contributed by atoms with Crippen molar-refractivity contribution in [2.24, 2.45) is 0 Å². The van der Waals surface area contributed by atoms with Crippen molar-refractivity contribution in [3.8, 4) is 6.07 Å². The molecular formula is C11H7NO. The van der Waals surface area contributed by atoms with Crippen LogP contribution in [0, 0.1) is 11.3 Å². The molecule has 0 fully saturated rings. The van der Waals surface area contributed by atoms with E-state index in [1.807, 2.05) is 6.07 Å². The summed E-state index contributed by atoms with van der Waals surface area (Å²) in [7, 11) is 0.